The van der Waals surface area contributed by atoms with E-state index in [0.717, 1.165) is 17.5 Å². The molecule has 3 aromatic rings. The highest BCUT2D eigenvalue weighted by Crippen LogP contribution is 2.12. The summed E-state index contributed by atoms with van der Waals surface area (Å²) in [4.78, 5) is 19.7. The molecule has 3 heteroatoms. The van der Waals surface area contributed by atoms with Crippen LogP contribution >= 0.6 is 0 Å². The van der Waals surface area contributed by atoms with Crippen LogP contribution in [0.5, 0.6) is 0 Å². The number of hydrogen-bond donors (Lipinski definition) is 1. The van der Waals surface area contributed by atoms with Crippen LogP contribution in [0.1, 0.15) is 28.7 Å². The smallest absolute Gasteiger partial charge is 0.185 e. The zero-order chi connectivity index (χ0) is 14.7. The number of aromatic nitrogens is 2. The lowest BCUT2D eigenvalue weighted by atomic mass is 10.1. The van der Waals surface area contributed by atoms with Gasteiger partial charge in [-0.1, -0.05) is 43.3 Å². The van der Waals surface area contributed by atoms with E-state index >= 15 is 0 Å². The standard InChI is InChI=1S/C18H16N2O/c1-2-13-7-9-14(10-8-13)17(21)11-12-18-19-15-5-3-4-6-16(15)20-18/h3-12H,2H2,1H3,(H,19,20)/b12-11-. The third kappa shape index (κ3) is 2.92. The van der Waals surface area contributed by atoms with Gasteiger partial charge >= 0.3 is 0 Å². The quantitative estimate of drug-likeness (QED) is 0.578. The van der Waals surface area contributed by atoms with E-state index in [9.17, 15) is 4.79 Å². The van der Waals surface area contributed by atoms with Crippen LogP contribution in [-0.2, 0) is 6.42 Å². The number of para-hydroxylation sites is 2. The van der Waals surface area contributed by atoms with Gasteiger partial charge in [-0.3, -0.25) is 4.79 Å². The summed E-state index contributed by atoms with van der Waals surface area (Å²) in [5.74, 6) is 0.674. The summed E-state index contributed by atoms with van der Waals surface area (Å²) < 4.78 is 0. The van der Waals surface area contributed by atoms with E-state index in [-0.39, 0.29) is 5.78 Å². The van der Waals surface area contributed by atoms with Crippen molar-refractivity contribution in [1.82, 2.24) is 9.97 Å². The number of aryl methyl sites for hydroxylation is 1. The first-order valence-corrected chi connectivity index (χ1v) is 7.02. The third-order valence-corrected chi connectivity index (χ3v) is 3.45. The Kier molecular flexibility index (Phi) is 3.65. The van der Waals surface area contributed by atoms with Crippen LogP contribution in [0.4, 0.5) is 0 Å². The number of imidazole rings is 1. The van der Waals surface area contributed by atoms with Crippen LogP contribution in [0, 0.1) is 0 Å². The maximum atomic E-state index is 12.1. The van der Waals surface area contributed by atoms with Crippen LogP contribution in [0.25, 0.3) is 17.1 Å². The van der Waals surface area contributed by atoms with Gasteiger partial charge in [0.2, 0.25) is 0 Å². The molecule has 0 saturated heterocycles. The molecule has 2 aromatic carbocycles. The lowest BCUT2D eigenvalue weighted by Gasteiger charge is -1.98. The van der Waals surface area contributed by atoms with Gasteiger partial charge in [0.25, 0.3) is 0 Å². The summed E-state index contributed by atoms with van der Waals surface area (Å²) >= 11 is 0. The minimum atomic E-state index is -0.0156. The number of aromatic amines is 1. The van der Waals surface area contributed by atoms with E-state index in [4.69, 9.17) is 0 Å². The molecule has 0 spiro atoms. The van der Waals surface area contributed by atoms with Gasteiger partial charge in [-0.15, -0.1) is 0 Å². The maximum absolute atomic E-state index is 12.1. The van der Waals surface area contributed by atoms with Gasteiger partial charge in [0.1, 0.15) is 5.82 Å². The number of ketones is 1. The van der Waals surface area contributed by atoms with Crippen LogP contribution < -0.4 is 0 Å². The molecule has 0 unspecified atom stereocenters. The molecule has 0 atom stereocenters. The molecule has 1 heterocycles. The summed E-state index contributed by atoms with van der Waals surface area (Å²) in [5.41, 5.74) is 3.79. The van der Waals surface area contributed by atoms with Crippen LogP contribution in [0.3, 0.4) is 0 Å². The fraction of sp³-hybridized carbons (Fsp3) is 0.111. The van der Waals surface area contributed by atoms with E-state index in [1.807, 2.05) is 48.5 Å². The third-order valence-electron chi connectivity index (χ3n) is 3.45. The molecule has 0 bridgehead atoms. The second kappa shape index (κ2) is 5.75. The van der Waals surface area contributed by atoms with Crippen molar-refractivity contribution in [2.45, 2.75) is 13.3 Å². The van der Waals surface area contributed by atoms with Crippen molar-refractivity contribution >= 4 is 22.9 Å². The lowest BCUT2D eigenvalue weighted by Crippen LogP contribution is -1.94. The first-order valence-electron chi connectivity index (χ1n) is 7.02. The minimum absolute atomic E-state index is 0.0156. The van der Waals surface area contributed by atoms with Crippen molar-refractivity contribution in [1.29, 1.82) is 0 Å². The molecule has 104 valence electrons. The Hall–Kier alpha value is -2.68. The lowest BCUT2D eigenvalue weighted by molar-refractivity contribution is 0.104. The number of hydrogen-bond acceptors (Lipinski definition) is 2. The molecule has 0 amide bonds. The number of nitrogens with zero attached hydrogens (tertiary/aromatic N) is 1. The number of fused-ring (bicyclic) bond motifs is 1. The largest absolute Gasteiger partial charge is 0.338 e. The molecule has 0 fully saturated rings. The number of carbonyl (C=O) groups is 1. The molecule has 0 aliphatic carbocycles. The molecule has 21 heavy (non-hydrogen) atoms. The van der Waals surface area contributed by atoms with Crippen LogP contribution in [-0.4, -0.2) is 15.8 Å². The van der Waals surface area contributed by atoms with Crippen molar-refractivity contribution in [3.05, 3.63) is 71.6 Å². The highest BCUT2D eigenvalue weighted by atomic mass is 16.1. The molecule has 0 radical (unpaired) electrons. The van der Waals surface area contributed by atoms with Crippen LogP contribution in [0.2, 0.25) is 0 Å². The van der Waals surface area contributed by atoms with Gasteiger partial charge in [-0.2, -0.15) is 0 Å². The van der Waals surface area contributed by atoms with E-state index in [1.165, 1.54) is 5.56 Å². The fourth-order valence-electron chi connectivity index (χ4n) is 2.21. The summed E-state index contributed by atoms with van der Waals surface area (Å²) in [6, 6.07) is 15.5. The number of rotatable bonds is 4. The zero-order valence-electron chi connectivity index (χ0n) is 11.8. The molecular weight excluding hydrogens is 260 g/mol. The maximum Gasteiger partial charge on any atom is 0.185 e. The first kappa shape index (κ1) is 13.3. The summed E-state index contributed by atoms with van der Waals surface area (Å²) in [6.07, 6.45) is 4.25. The number of carbonyl (C=O) groups excluding carboxylic acids is 1. The number of nitrogens with one attached hydrogen (secondary N) is 1. The minimum Gasteiger partial charge on any atom is -0.338 e. The Morgan fingerprint density at radius 2 is 1.90 bits per heavy atom. The van der Waals surface area contributed by atoms with E-state index < -0.39 is 0 Å². The molecular formula is C18H16N2O. The monoisotopic (exact) mass is 276 g/mol. The number of H-pyrrole nitrogens is 1. The second-order valence-corrected chi connectivity index (χ2v) is 4.89. The zero-order valence-corrected chi connectivity index (χ0v) is 11.8. The van der Waals surface area contributed by atoms with E-state index in [1.54, 1.807) is 12.2 Å². The Bertz CT molecular complexity index is 764. The molecule has 3 nitrogen and oxygen atoms in total. The number of benzene rings is 2. The normalized spacial score (nSPS) is 11.3. The molecule has 0 aliphatic rings. The highest BCUT2D eigenvalue weighted by molar-refractivity contribution is 6.06. The van der Waals surface area contributed by atoms with Crippen molar-refractivity contribution in [3.63, 3.8) is 0 Å². The van der Waals surface area contributed by atoms with Crippen LogP contribution in [0.15, 0.2) is 54.6 Å². The van der Waals surface area contributed by atoms with Gasteiger partial charge in [0.05, 0.1) is 11.0 Å². The van der Waals surface area contributed by atoms with Gasteiger partial charge in [-0.25, -0.2) is 4.98 Å². The first-order chi connectivity index (χ1) is 10.3. The molecule has 0 saturated carbocycles. The SMILES string of the molecule is CCc1ccc(C(=O)/C=C\c2nc3ccccc3[nH]2)cc1. The van der Waals surface area contributed by atoms with Gasteiger partial charge in [-0.05, 0) is 36.3 Å². The fourth-order valence-corrected chi connectivity index (χ4v) is 2.21. The average molecular weight is 276 g/mol. The predicted molar refractivity (Wildman–Crippen MR) is 85.3 cm³/mol. The highest BCUT2D eigenvalue weighted by Gasteiger charge is 2.03. The van der Waals surface area contributed by atoms with Crippen molar-refractivity contribution in [2.75, 3.05) is 0 Å². The van der Waals surface area contributed by atoms with Crippen molar-refractivity contribution in [3.8, 4) is 0 Å². The molecule has 3 rings (SSSR count). The van der Waals surface area contributed by atoms with Gasteiger partial charge in [0.15, 0.2) is 5.78 Å². The molecule has 1 N–H and O–H groups in total. The predicted octanol–water partition coefficient (Wildman–Crippen LogP) is 4.02. The Morgan fingerprint density at radius 1 is 1.14 bits per heavy atom. The Balaban J connectivity index is 1.79. The van der Waals surface area contributed by atoms with Gasteiger partial charge in [0, 0.05) is 5.56 Å². The summed E-state index contributed by atoms with van der Waals surface area (Å²) in [6.45, 7) is 2.10. The Morgan fingerprint density at radius 3 is 2.62 bits per heavy atom. The van der Waals surface area contributed by atoms with Crippen molar-refractivity contribution in [2.24, 2.45) is 0 Å². The topological polar surface area (TPSA) is 45.8 Å². The molecule has 1 aromatic heterocycles. The Labute approximate surface area is 123 Å². The van der Waals surface area contributed by atoms with E-state index in [2.05, 4.69) is 16.9 Å². The average Bonchev–Trinajstić information content (AvgIpc) is 2.95. The molecule has 0 aliphatic heterocycles. The second-order valence-electron chi connectivity index (χ2n) is 4.89. The van der Waals surface area contributed by atoms with Gasteiger partial charge < -0.3 is 4.98 Å². The summed E-state index contributed by atoms with van der Waals surface area (Å²) in [7, 11) is 0. The van der Waals surface area contributed by atoms with E-state index in [0.29, 0.717) is 11.4 Å². The number of allylic oxidation sites excluding steroid dienone is 1. The van der Waals surface area contributed by atoms with Crippen molar-refractivity contribution < 1.29 is 4.79 Å². The summed E-state index contributed by atoms with van der Waals surface area (Å²) in [5, 5.41) is 0.